The molecule has 1 aliphatic heterocycles. The second-order valence-electron chi connectivity index (χ2n) is 5.19. The fraction of sp³-hybridized carbons (Fsp3) is 1.00. The summed E-state index contributed by atoms with van der Waals surface area (Å²) in [7, 11) is -3.29. The van der Waals surface area contributed by atoms with Crippen molar-refractivity contribution in [2.75, 3.05) is 26.2 Å². The van der Waals surface area contributed by atoms with Crippen LogP contribution in [0.1, 0.15) is 33.1 Å². The summed E-state index contributed by atoms with van der Waals surface area (Å²) in [5.74, 6) is 0.749. The molecule has 0 aromatic carbocycles. The van der Waals surface area contributed by atoms with Gasteiger partial charge in [-0.1, -0.05) is 13.8 Å². The first-order valence-electron chi connectivity index (χ1n) is 6.40. The van der Waals surface area contributed by atoms with Gasteiger partial charge in [-0.25, -0.2) is 4.72 Å². The fourth-order valence-electron chi connectivity index (χ4n) is 2.08. The molecule has 3 N–H and O–H groups in total. The Morgan fingerprint density at radius 3 is 2.76 bits per heavy atom. The number of nitrogens with two attached hydrogens (primary N) is 1. The van der Waals surface area contributed by atoms with E-state index in [1.54, 1.807) is 4.31 Å². The second-order valence-corrected chi connectivity index (χ2v) is 6.95. The van der Waals surface area contributed by atoms with Crippen molar-refractivity contribution in [1.82, 2.24) is 9.03 Å². The van der Waals surface area contributed by atoms with Crippen molar-refractivity contribution in [3.05, 3.63) is 0 Å². The van der Waals surface area contributed by atoms with Crippen LogP contribution in [0.25, 0.3) is 0 Å². The molecule has 1 saturated heterocycles. The smallest absolute Gasteiger partial charge is 0.279 e. The summed E-state index contributed by atoms with van der Waals surface area (Å²) in [6.07, 6.45) is 2.94. The van der Waals surface area contributed by atoms with Crippen LogP contribution in [0.2, 0.25) is 0 Å². The predicted octanol–water partition coefficient (Wildman–Crippen LogP) is 0.538. The van der Waals surface area contributed by atoms with Gasteiger partial charge in [-0.15, -0.1) is 0 Å². The Hall–Kier alpha value is -0.170. The largest absolute Gasteiger partial charge is 0.330 e. The molecule has 0 amide bonds. The van der Waals surface area contributed by atoms with E-state index in [4.69, 9.17) is 5.73 Å². The first-order valence-corrected chi connectivity index (χ1v) is 7.84. The van der Waals surface area contributed by atoms with Gasteiger partial charge in [0.15, 0.2) is 0 Å². The summed E-state index contributed by atoms with van der Waals surface area (Å²) in [6, 6.07) is 0. The molecular weight excluding hydrogens is 238 g/mol. The van der Waals surface area contributed by atoms with E-state index in [-0.39, 0.29) is 0 Å². The van der Waals surface area contributed by atoms with E-state index < -0.39 is 10.2 Å². The van der Waals surface area contributed by atoms with Crippen molar-refractivity contribution in [2.24, 2.45) is 17.6 Å². The minimum absolute atomic E-state index is 0.328. The lowest BCUT2D eigenvalue weighted by Crippen LogP contribution is -2.47. The van der Waals surface area contributed by atoms with Crippen LogP contribution in [0.15, 0.2) is 0 Å². The van der Waals surface area contributed by atoms with E-state index >= 15 is 0 Å². The van der Waals surface area contributed by atoms with Crippen LogP contribution in [0.3, 0.4) is 0 Å². The van der Waals surface area contributed by atoms with Gasteiger partial charge in [0, 0.05) is 19.6 Å². The van der Waals surface area contributed by atoms with Gasteiger partial charge in [-0.2, -0.15) is 12.7 Å². The molecule has 1 rings (SSSR count). The number of nitrogens with zero attached hydrogens (tertiary/aromatic N) is 1. The molecule has 1 unspecified atom stereocenters. The van der Waals surface area contributed by atoms with Crippen LogP contribution in [0.5, 0.6) is 0 Å². The highest BCUT2D eigenvalue weighted by Crippen LogP contribution is 2.20. The Kier molecular flexibility index (Phi) is 5.85. The third-order valence-corrected chi connectivity index (χ3v) is 4.61. The Morgan fingerprint density at radius 2 is 2.18 bits per heavy atom. The van der Waals surface area contributed by atoms with Crippen LogP contribution < -0.4 is 10.5 Å². The zero-order valence-corrected chi connectivity index (χ0v) is 11.7. The Morgan fingerprint density at radius 1 is 1.47 bits per heavy atom. The van der Waals surface area contributed by atoms with Crippen LogP contribution >= 0.6 is 0 Å². The third-order valence-electron chi connectivity index (χ3n) is 3.07. The van der Waals surface area contributed by atoms with Gasteiger partial charge < -0.3 is 5.73 Å². The SMILES string of the molecule is CC(C)CNS(=O)(=O)N1CCCC(CCN)C1. The molecule has 0 bridgehead atoms. The molecule has 0 saturated carbocycles. The van der Waals surface area contributed by atoms with E-state index in [1.807, 2.05) is 13.8 Å². The fourth-order valence-corrected chi connectivity index (χ4v) is 3.58. The zero-order chi connectivity index (χ0) is 12.9. The highest BCUT2D eigenvalue weighted by molar-refractivity contribution is 7.87. The molecule has 0 spiro atoms. The lowest BCUT2D eigenvalue weighted by atomic mass is 9.96. The molecule has 1 heterocycles. The monoisotopic (exact) mass is 263 g/mol. The second kappa shape index (κ2) is 6.68. The van der Waals surface area contributed by atoms with Crippen molar-refractivity contribution >= 4 is 10.2 Å². The lowest BCUT2D eigenvalue weighted by Gasteiger charge is -2.31. The van der Waals surface area contributed by atoms with Gasteiger partial charge in [0.25, 0.3) is 10.2 Å². The molecule has 0 radical (unpaired) electrons. The number of nitrogens with one attached hydrogen (secondary N) is 1. The summed E-state index contributed by atoms with van der Waals surface area (Å²) in [5.41, 5.74) is 5.53. The summed E-state index contributed by atoms with van der Waals surface area (Å²) in [4.78, 5) is 0. The topological polar surface area (TPSA) is 75.4 Å². The maximum atomic E-state index is 12.0. The Balaban J connectivity index is 2.52. The normalized spacial score (nSPS) is 23.2. The first kappa shape index (κ1) is 14.9. The van der Waals surface area contributed by atoms with Gasteiger partial charge in [0.1, 0.15) is 0 Å². The number of hydrogen-bond donors (Lipinski definition) is 2. The van der Waals surface area contributed by atoms with Crippen molar-refractivity contribution < 1.29 is 8.42 Å². The molecule has 0 aliphatic carbocycles. The first-order chi connectivity index (χ1) is 7.95. The van der Waals surface area contributed by atoms with E-state index in [2.05, 4.69) is 4.72 Å². The highest BCUT2D eigenvalue weighted by Gasteiger charge is 2.28. The summed E-state index contributed by atoms with van der Waals surface area (Å²) in [6.45, 7) is 6.38. The molecule has 17 heavy (non-hydrogen) atoms. The lowest BCUT2D eigenvalue weighted by molar-refractivity contribution is 0.255. The standard InChI is InChI=1S/C11H25N3O2S/c1-10(2)8-13-17(15,16)14-7-3-4-11(9-14)5-6-12/h10-11,13H,3-9,12H2,1-2H3. The molecule has 1 aliphatic rings. The summed E-state index contributed by atoms with van der Waals surface area (Å²) in [5, 5.41) is 0. The van der Waals surface area contributed by atoms with Crippen LogP contribution in [0.4, 0.5) is 0 Å². The van der Waals surface area contributed by atoms with Crippen LogP contribution in [-0.2, 0) is 10.2 Å². The minimum Gasteiger partial charge on any atom is -0.330 e. The van der Waals surface area contributed by atoms with Gasteiger partial charge in [-0.3, -0.25) is 0 Å². The molecule has 1 atom stereocenters. The maximum Gasteiger partial charge on any atom is 0.279 e. The zero-order valence-electron chi connectivity index (χ0n) is 10.9. The number of piperidine rings is 1. The van der Waals surface area contributed by atoms with Crippen molar-refractivity contribution in [1.29, 1.82) is 0 Å². The van der Waals surface area contributed by atoms with E-state index in [9.17, 15) is 8.42 Å². The van der Waals surface area contributed by atoms with Gasteiger partial charge in [0.05, 0.1) is 0 Å². The minimum atomic E-state index is -3.29. The Bertz CT molecular complexity index is 315. The van der Waals surface area contributed by atoms with E-state index in [0.717, 1.165) is 19.3 Å². The average molecular weight is 263 g/mol. The van der Waals surface area contributed by atoms with Gasteiger partial charge in [-0.05, 0) is 37.6 Å². The van der Waals surface area contributed by atoms with Crippen LogP contribution in [-0.4, -0.2) is 38.9 Å². The molecule has 6 heteroatoms. The Labute approximate surface area is 105 Å². The average Bonchev–Trinajstić information content (AvgIpc) is 2.27. The highest BCUT2D eigenvalue weighted by atomic mass is 32.2. The quantitative estimate of drug-likeness (QED) is 0.734. The summed E-state index contributed by atoms with van der Waals surface area (Å²) >= 11 is 0. The molecule has 0 aromatic heterocycles. The summed E-state index contributed by atoms with van der Waals surface area (Å²) < 4.78 is 28.3. The maximum absolute atomic E-state index is 12.0. The number of rotatable bonds is 6. The van der Waals surface area contributed by atoms with Crippen molar-refractivity contribution in [3.8, 4) is 0 Å². The molecular formula is C11H25N3O2S. The van der Waals surface area contributed by atoms with Gasteiger partial charge in [0.2, 0.25) is 0 Å². The molecule has 1 fully saturated rings. The van der Waals surface area contributed by atoms with Crippen LogP contribution in [0, 0.1) is 11.8 Å². The predicted molar refractivity (Wildman–Crippen MR) is 69.7 cm³/mol. The number of hydrogen-bond acceptors (Lipinski definition) is 3. The van der Waals surface area contributed by atoms with E-state index in [0.29, 0.717) is 38.0 Å². The molecule has 5 nitrogen and oxygen atoms in total. The molecule has 102 valence electrons. The van der Waals surface area contributed by atoms with Crippen molar-refractivity contribution in [2.45, 2.75) is 33.1 Å². The third kappa shape index (κ3) is 4.91. The molecule has 0 aromatic rings. The van der Waals surface area contributed by atoms with E-state index in [1.165, 1.54) is 0 Å². The van der Waals surface area contributed by atoms with Gasteiger partial charge >= 0.3 is 0 Å². The van der Waals surface area contributed by atoms with Crippen molar-refractivity contribution in [3.63, 3.8) is 0 Å².